The van der Waals surface area contributed by atoms with Crippen molar-refractivity contribution < 1.29 is 0 Å². The lowest BCUT2D eigenvalue weighted by molar-refractivity contribution is 0.781. The summed E-state index contributed by atoms with van der Waals surface area (Å²) >= 11 is 0. The van der Waals surface area contributed by atoms with Crippen molar-refractivity contribution in [2.24, 2.45) is 0 Å². The lowest BCUT2D eigenvalue weighted by Gasteiger charge is -2.03. The van der Waals surface area contributed by atoms with Crippen LogP contribution in [0.5, 0.6) is 0 Å². The maximum absolute atomic E-state index is 8.88. The topological polar surface area (TPSA) is 97.6 Å². The molecule has 0 spiro atoms. The molecule has 16 heavy (non-hydrogen) atoms. The maximum Gasteiger partial charge on any atom is 0.218 e. The predicted octanol–water partition coefficient (Wildman–Crippen LogP) is -0.423. The summed E-state index contributed by atoms with van der Waals surface area (Å²) in [6, 6.07) is 1.97. The van der Waals surface area contributed by atoms with Crippen LogP contribution >= 0.6 is 0 Å². The Hall–Kier alpha value is -2.82. The monoisotopic (exact) mass is 212 g/mol. The Morgan fingerprint density at radius 3 is 3.12 bits per heavy atom. The van der Waals surface area contributed by atoms with E-state index in [4.69, 9.17) is 5.26 Å². The van der Waals surface area contributed by atoms with Crippen molar-refractivity contribution >= 4 is 5.65 Å². The standard InChI is InChI=1S/C8H4N8/c9-3-6-11-1-2-15(6)8-5-10-4-7-12-13-14-16(7)8/h1-2,4-5H. The van der Waals surface area contributed by atoms with Crippen LogP contribution in [0.15, 0.2) is 24.8 Å². The number of aromatic nitrogens is 7. The maximum atomic E-state index is 8.88. The molecule has 0 aliphatic carbocycles. The van der Waals surface area contributed by atoms with Crippen LogP contribution in [-0.2, 0) is 0 Å². The van der Waals surface area contributed by atoms with E-state index in [9.17, 15) is 0 Å². The Kier molecular flexibility index (Phi) is 1.64. The molecule has 0 aromatic carbocycles. The van der Waals surface area contributed by atoms with Crippen molar-refractivity contribution in [3.63, 3.8) is 0 Å². The van der Waals surface area contributed by atoms with E-state index in [1.54, 1.807) is 17.0 Å². The number of tetrazole rings is 1. The molecule has 0 amide bonds. The molecular weight excluding hydrogens is 208 g/mol. The molecule has 0 atom stereocenters. The van der Waals surface area contributed by atoms with E-state index in [0.717, 1.165) is 0 Å². The summed E-state index contributed by atoms with van der Waals surface area (Å²) in [7, 11) is 0. The first-order valence-corrected chi connectivity index (χ1v) is 4.36. The zero-order valence-electron chi connectivity index (χ0n) is 7.89. The number of hydrogen-bond acceptors (Lipinski definition) is 6. The van der Waals surface area contributed by atoms with Gasteiger partial charge in [0.15, 0.2) is 11.5 Å². The molecule has 3 heterocycles. The molecule has 3 rings (SSSR count). The van der Waals surface area contributed by atoms with Crippen LogP contribution in [0, 0.1) is 11.3 Å². The van der Waals surface area contributed by atoms with Gasteiger partial charge in [-0.2, -0.15) is 9.78 Å². The van der Waals surface area contributed by atoms with Gasteiger partial charge < -0.3 is 0 Å². The fraction of sp³-hybridized carbons (Fsp3) is 0. The zero-order valence-corrected chi connectivity index (χ0v) is 7.89. The first-order valence-electron chi connectivity index (χ1n) is 4.36. The highest BCUT2D eigenvalue weighted by Crippen LogP contribution is 2.08. The van der Waals surface area contributed by atoms with Crippen molar-refractivity contribution in [1.29, 1.82) is 5.26 Å². The van der Waals surface area contributed by atoms with E-state index < -0.39 is 0 Å². The van der Waals surface area contributed by atoms with Gasteiger partial charge >= 0.3 is 0 Å². The first kappa shape index (κ1) is 8.49. The molecule has 0 unspecified atom stereocenters. The third-order valence-corrected chi connectivity index (χ3v) is 2.08. The molecule has 0 radical (unpaired) electrons. The number of fused-ring (bicyclic) bond motifs is 1. The van der Waals surface area contributed by atoms with Crippen LogP contribution in [-0.4, -0.2) is 34.6 Å². The van der Waals surface area contributed by atoms with Crippen LogP contribution in [0.2, 0.25) is 0 Å². The number of hydrogen-bond donors (Lipinski definition) is 0. The van der Waals surface area contributed by atoms with E-state index in [2.05, 4.69) is 25.5 Å². The van der Waals surface area contributed by atoms with Crippen molar-refractivity contribution in [2.75, 3.05) is 0 Å². The molecule has 0 saturated heterocycles. The molecule has 0 fully saturated rings. The number of nitrogens with zero attached hydrogens (tertiary/aromatic N) is 8. The minimum Gasteiger partial charge on any atom is -0.274 e. The fourth-order valence-corrected chi connectivity index (χ4v) is 1.40. The quantitative estimate of drug-likeness (QED) is 0.543. The SMILES string of the molecule is N#Cc1nccn1-c1cncc2nnnn12. The molecule has 8 heteroatoms. The van der Waals surface area contributed by atoms with Crippen LogP contribution < -0.4 is 0 Å². The van der Waals surface area contributed by atoms with Gasteiger partial charge in [0.2, 0.25) is 5.82 Å². The predicted molar refractivity (Wildman–Crippen MR) is 50.4 cm³/mol. The second kappa shape index (κ2) is 3.09. The summed E-state index contributed by atoms with van der Waals surface area (Å²) in [4.78, 5) is 7.89. The molecule has 3 aromatic rings. The highest BCUT2D eigenvalue weighted by atomic mass is 15.5. The molecule has 0 N–H and O–H groups in total. The van der Waals surface area contributed by atoms with Gasteiger partial charge in [0.1, 0.15) is 6.07 Å². The van der Waals surface area contributed by atoms with Gasteiger partial charge in [-0.3, -0.25) is 9.55 Å². The van der Waals surface area contributed by atoms with E-state index in [0.29, 0.717) is 11.5 Å². The normalized spacial score (nSPS) is 10.4. The third-order valence-electron chi connectivity index (χ3n) is 2.08. The van der Waals surface area contributed by atoms with Crippen LogP contribution in [0.4, 0.5) is 0 Å². The van der Waals surface area contributed by atoms with Gasteiger partial charge in [0.25, 0.3) is 0 Å². The lowest BCUT2D eigenvalue weighted by atomic mass is 10.5. The van der Waals surface area contributed by atoms with Gasteiger partial charge in [-0.25, -0.2) is 4.98 Å². The summed E-state index contributed by atoms with van der Waals surface area (Å²) in [5.41, 5.74) is 0.509. The second-order valence-corrected chi connectivity index (χ2v) is 2.95. The number of imidazole rings is 1. The second-order valence-electron chi connectivity index (χ2n) is 2.95. The Morgan fingerprint density at radius 1 is 1.31 bits per heavy atom. The highest BCUT2D eigenvalue weighted by molar-refractivity contribution is 5.39. The van der Waals surface area contributed by atoms with Crippen molar-refractivity contribution in [3.8, 4) is 11.9 Å². The van der Waals surface area contributed by atoms with Gasteiger partial charge in [-0.05, 0) is 10.4 Å². The average molecular weight is 212 g/mol. The fourth-order valence-electron chi connectivity index (χ4n) is 1.40. The lowest BCUT2D eigenvalue weighted by Crippen LogP contribution is -2.05. The molecular formula is C8H4N8. The summed E-state index contributed by atoms with van der Waals surface area (Å²) in [6.45, 7) is 0. The Morgan fingerprint density at radius 2 is 2.25 bits per heavy atom. The van der Waals surface area contributed by atoms with E-state index in [1.165, 1.54) is 16.9 Å². The largest absolute Gasteiger partial charge is 0.274 e. The Balaban J connectivity index is 2.35. The van der Waals surface area contributed by atoms with E-state index in [-0.39, 0.29) is 5.82 Å². The molecule has 76 valence electrons. The molecule has 0 bridgehead atoms. The number of nitriles is 1. The summed E-state index contributed by atoms with van der Waals surface area (Å²) < 4.78 is 3.05. The Labute approximate surface area is 88.8 Å². The van der Waals surface area contributed by atoms with Crippen LogP contribution in [0.25, 0.3) is 11.5 Å². The van der Waals surface area contributed by atoms with Crippen molar-refractivity contribution in [3.05, 3.63) is 30.6 Å². The van der Waals surface area contributed by atoms with Gasteiger partial charge in [0, 0.05) is 12.4 Å². The minimum absolute atomic E-state index is 0.254. The van der Waals surface area contributed by atoms with Gasteiger partial charge in [-0.1, -0.05) is 0 Å². The number of rotatable bonds is 1. The van der Waals surface area contributed by atoms with E-state index in [1.807, 2.05) is 6.07 Å². The van der Waals surface area contributed by atoms with Gasteiger partial charge in [-0.15, -0.1) is 5.10 Å². The third kappa shape index (κ3) is 1.05. The molecule has 8 nitrogen and oxygen atoms in total. The molecule has 0 aliphatic rings. The average Bonchev–Trinajstić information content (AvgIpc) is 2.96. The van der Waals surface area contributed by atoms with Gasteiger partial charge in [0.05, 0.1) is 12.4 Å². The van der Waals surface area contributed by atoms with Crippen molar-refractivity contribution in [1.82, 2.24) is 34.6 Å². The first-order chi connectivity index (χ1) is 7.90. The molecule has 0 saturated carbocycles. The summed E-state index contributed by atoms with van der Waals surface area (Å²) in [5, 5.41) is 20.0. The molecule has 3 aromatic heterocycles. The summed E-state index contributed by atoms with van der Waals surface area (Å²) in [5.74, 6) is 0.821. The highest BCUT2D eigenvalue weighted by Gasteiger charge is 2.09. The Bertz CT molecular complexity index is 687. The van der Waals surface area contributed by atoms with Crippen LogP contribution in [0.3, 0.4) is 0 Å². The molecule has 0 aliphatic heterocycles. The smallest absolute Gasteiger partial charge is 0.218 e. The van der Waals surface area contributed by atoms with Crippen molar-refractivity contribution in [2.45, 2.75) is 0 Å². The van der Waals surface area contributed by atoms with Crippen LogP contribution in [0.1, 0.15) is 5.82 Å². The zero-order chi connectivity index (χ0) is 11.0. The summed E-state index contributed by atoms with van der Waals surface area (Å²) in [6.07, 6.45) is 6.27. The minimum atomic E-state index is 0.254. The van der Waals surface area contributed by atoms with E-state index >= 15 is 0 Å².